The summed E-state index contributed by atoms with van der Waals surface area (Å²) in [6, 6.07) is 5.46. The van der Waals surface area contributed by atoms with Gasteiger partial charge in [-0.1, -0.05) is 5.92 Å². The van der Waals surface area contributed by atoms with Gasteiger partial charge in [-0.25, -0.2) is 0 Å². The zero-order chi connectivity index (χ0) is 13.7. The Balaban J connectivity index is 2.19. The van der Waals surface area contributed by atoms with Gasteiger partial charge in [-0.2, -0.15) is 0 Å². The van der Waals surface area contributed by atoms with E-state index in [2.05, 4.69) is 16.1 Å². The highest BCUT2D eigenvalue weighted by atomic mass is 16.5. The fraction of sp³-hybridized carbons (Fsp3) is 0.357. The van der Waals surface area contributed by atoms with E-state index in [1.54, 1.807) is 12.1 Å². The molecule has 0 bridgehead atoms. The Morgan fingerprint density at radius 3 is 2.89 bits per heavy atom. The summed E-state index contributed by atoms with van der Waals surface area (Å²) in [5, 5.41) is 2.62. The van der Waals surface area contributed by atoms with Crippen LogP contribution in [0, 0.1) is 12.3 Å². The van der Waals surface area contributed by atoms with E-state index in [0.717, 1.165) is 18.8 Å². The van der Waals surface area contributed by atoms with Crippen LogP contribution in [0.2, 0.25) is 0 Å². The van der Waals surface area contributed by atoms with Gasteiger partial charge in [-0.05, 0) is 18.2 Å². The Hall–Kier alpha value is -2.19. The minimum atomic E-state index is -0.245. The molecule has 0 spiro atoms. The summed E-state index contributed by atoms with van der Waals surface area (Å²) >= 11 is 0. The first-order valence-electron chi connectivity index (χ1n) is 6.16. The second-order valence-electron chi connectivity index (χ2n) is 4.26. The molecule has 5 nitrogen and oxygen atoms in total. The minimum Gasteiger partial charge on any atom is -0.398 e. The second kappa shape index (κ2) is 6.12. The third-order valence-electron chi connectivity index (χ3n) is 3.01. The zero-order valence-electron chi connectivity index (χ0n) is 10.7. The van der Waals surface area contributed by atoms with Crippen molar-refractivity contribution in [3.63, 3.8) is 0 Å². The van der Waals surface area contributed by atoms with Crippen molar-refractivity contribution in [3.05, 3.63) is 23.8 Å². The van der Waals surface area contributed by atoms with Crippen LogP contribution in [0.15, 0.2) is 18.2 Å². The van der Waals surface area contributed by atoms with Crippen LogP contribution in [0.3, 0.4) is 0 Å². The number of terminal acetylenes is 1. The van der Waals surface area contributed by atoms with E-state index in [1.165, 1.54) is 0 Å². The molecule has 100 valence electrons. The molecule has 1 amide bonds. The highest BCUT2D eigenvalue weighted by Crippen LogP contribution is 2.22. The van der Waals surface area contributed by atoms with E-state index in [-0.39, 0.29) is 12.5 Å². The number of nitrogen functional groups attached to an aromatic ring is 1. The molecule has 0 aromatic heterocycles. The monoisotopic (exact) mass is 259 g/mol. The van der Waals surface area contributed by atoms with Crippen LogP contribution in [-0.4, -0.2) is 38.8 Å². The molecule has 19 heavy (non-hydrogen) atoms. The van der Waals surface area contributed by atoms with E-state index in [1.807, 2.05) is 6.07 Å². The number of hydrogen-bond donors (Lipinski definition) is 2. The average molecular weight is 259 g/mol. The first-order chi connectivity index (χ1) is 9.22. The highest BCUT2D eigenvalue weighted by Gasteiger charge is 2.15. The van der Waals surface area contributed by atoms with E-state index >= 15 is 0 Å². The Morgan fingerprint density at radius 2 is 2.21 bits per heavy atom. The summed E-state index contributed by atoms with van der Waals surface area (Å²) in [5.41, 5.74) is 7.72. The molecule has 5 heteroatoms. The van der Waals surface area contributed by atoms with Crippen molar-refractivity contribution in [3.8, 4) is 12.3 Å². The van der Waals surface area contributed by atoms with Crippen molar-refractivity contribution in [1.82, 2.24) is 5.32 Å². The molecule has 1 saturated heterocycles. The lowest BCUT2D eigenvalue weighted by Crippen LogP contribution is -2.36. The van der Waals surface area contributed by atoms with E-state index in [9.17, 15) is 4.79 Å². The van der Waals surface area contributed by atoms with Gasteiger partial charge in [0, 0.05) is 24.5 Å². The molecule has 0 unspecified atom stereocenters. The van der Waals surface area contributed by atoms with Crippen LogP contribution in [0.25, 0.3) is 0 Å². The topological polar surface area (TPSA) is 67.6 Å². The molecule has 1 aromatic rings. The van der Waals surface area contributed by atoms with Gasteiger partial charge >= 0.3 is 0 Å². The van der Waals surface area contributed by atoms with Gasteiger partial charge in [0.25, 0.3) is 5.91 Å². The molecular weight excluding hydrogens is 242 g/mol. The number of anilines is 2. The number of amides is 1. The largest absolute Gasteiger partial charge is 0.398 e. The fourth-order valence-corrected chi connectivity index (χ4v) is 1.99. The Kier molecular flexibility index (Phi) is 4.26. The van der Waals surface area contributed by atoms with Gasteiger partial charge in [-0.15, -0.1) is 6.42 Å². The normalized spacial score (nSPS) is 14.8. The lowest BCUT2D eigenvalue weighted by atomic mass is 10.1. The Bertz CT molecular complexity index is 502. The van der Waals surface area contributed by atoms with E-state index in [4.69, 9.17) is 16.9 Å². The van der Waals surface area contributed by atoms with Crippen LogP contribution in [0.4, 0.5) is 11.4 Å². The van der Waals surface area contributed by atoms with Crippen molar-refractivity contribution in [2.75, 3.05) is 43.5 Å². The molecular formula is C14H17N3O2. The van der Waals surface area contributed by atoms with Gasteiger partial charge in [0.05, 0.1) is 25.3 Å². The molecule has 1 aliphatic rings. The predicted molar refractivity (Wildman–Crippen MR) is 75.1 cm³/mol. The zero-order valence-corrected chi connectivity index (χ0v) is 10.7. The van der Waals surface area contributed by atoms with Crippen molar-refractivity contribution < 1.29 is 9.53 Å². The molecule has 0 radical (unpaired) electrons. The van der Waals surface area contributed by atoms with Crippen molar-refractivity contribution in [2.45, 2.75) is 0 Å². The maximum Gasteiger partial charge on any atom is 0.254 e. The summed E-state index contributed by atoms with van der Waals surface area (Å²) in [6.07, 6.45) is 5.12. The maximum absolute atomic E-state index is 11.9. The van der Waals surface area contributed by atoms with Crippen LogP contribution < -0.4 is 16.0 Å². The predicted octanol–water partition coefficient (Wildman–Crippen LogP) is 0.468. The fourth-order valence-electron chi connectivity index (χ4n) is 1.99. The number of ether oxygens (including phenoxy) is 1. The quantitative estimate of drug-likeness (QED) is 0.611. The first-order valence-corrected chi connectivity index (χ1v) is 6.16. The number of nitrogens with zero attached hydrogens (tertiary/aromatic N) is 1. The molecule has 0 aliphatic carbocycles. The SMILES string of the molecule is C#CCNC(=O)c1cc(N2CCOCC2)ccc1N. The lowest BCUT2D eigenvalue weighted by Gasteiger charge is -2.29. The molecule has 3 N–H and O–H groups in total. The summed E-state index contributed by atoms with van der Waals surface area (Å²) in [5.74, 6) is 2.12. The number of carbonyl (C=O) groups is 1. The van der Waals surface area contributed by atoms with Gasteiger partial charge in [0.15, 0.2) is 0 Å². The van der Waals surface area contributed by atoms with Crippen molar-refractivity contribution in [2.24, 2.45) is 0 Å². The Morgan fingerprint density at radius 1 is 1.47 bits per heavy atom. The molecule has 1 fully saturated rings. The molecule has 0 atom stereocenters. The first kappa shape index (κ1) is 13.2. The number of nitrogens with two attached hydrogens (primary N) is 1. The number of rotatable bonds is 3. The van der Waals surface area contributed by atoms with Crippen LogP contribution in [-0.2, 0) is 4.74 Å². The number of hydrogen-bond acceptors (Lipinski definition) is 4. The van der Waals surface area contributed by atoms with Crippen LogP contribution in [0.1, 0.15) is 10.4 Å². The van der Waals surface area contributed by atoms with Crippen LogP contribution >= 0.6 is 0 Å². The summed E-state index contributed by atoms with van der Waals surface area (Å²) in [6.45, 7) is 3.22. The third kappa shape index (κ3) is 3.18. The molecule has 1 aromatic carbocycles. The van der Waals surface area contributed by atoms with Crippen LogP contribution in [0.5, 0.6) is 0 Å². The van der Waals surface area contributed by atoms with Crippen molar-refractivity contribution >= 4 is 17.3 Å². The lowest BCUT2D eigenvalue weighted by molar-refractivity contribution is 0.0959. The van der Waals surface area contributed by atoms with Crippen molar-refractivity contribution in [1.29, 1.82) is 0 Å². The summed E-state index contributed by atoms with van der Waals surface area (Å²) in [7, 11) is 0. The molecule has 0 saturated carbocycles. The number of morpholine rings is 1. The maximum atomic E-state index is 11.9. The number of benzene rings is 1. The smallest absolute Gasteiger partial charge is 0.254 e. The van der Waals surface area contributed by atoms with Gasteiger partial charge in [0.1, 0.15) is 0 Å². The van der Waals surface area contributed by atoms with Gasteiger partial charge in [-0.3, -0.25) is 4.79 Å². The Labute approximate surface area is 112 Å². The number of carbonyl (C=O) groups excluding carboxylic acids is 1. The van der Waals surface area contributed by atoms with Gasteiger partial charge in [0.2, 0.25) is 0 Å². The highest BCUT2D eigenvalue weighted by molar-refractivity contribution is 6.00. The average Bonchev–Trinajstić information content (AvgIpc) is 2.46. The number of nitrogens with one attached hydrogen (secondary N) is 1. The van der Waals surface area contributed by atoms with E-state index < -0.39 is 0 Å². The van der Waals surface area contributed by atoms with E-state index in [0.29, 0.717) is 24.5 Å². The molecule has 2 rings (SSSR count). The summed E-state index contributed by atoms with van der Waals surface area (Å²) < 4.78 is 5.31. The molecule has 1 heterocycles. The minimum absolute atomic E-state index is 0.194. The molecule has 1 aliphatic heterocycles. The second-order valence-corrected chi connectivity index (χ2v) is 4.26. The van der Waals surface area contributed by atoms with Gasteiger partial charge < -0.3 is 20.7 Å². The summed E-state index contributed by atoms with van der Waals surface area (Å²) in [4.78, 5) is 14.1. The third-order valence-corrected chi connectivity index (χ3v) is 3.01. The standard InChI is InChI=1S/C14H17N3O2/c1-2-5-16-14(18)12-10-11(3-4-13(12)15)17-6-8-19-9-7-17/h1,3-4,10H,5-9,15H2,(H,16,18).